The molecular formula is C24H35N5O3. The zero-order valence-electron chi connectivity index (χ0n) is 19.0. The highest BCUT2D eigenvalue weighted by molar-refractivity contribution is 5.90. The van der Waals surface area contributed by atoms with Gasteiger partial charge in [-0.05, 0) is 70.2 Å². The maximum absolute atomic E-state index is 13.3. The molecule has 0 radical (unpaired) electrons. The maximum atomic E-state index is 13.3. The Morgan fingerprint density at radius 1 is 1.12 bits per heavy atom. The van der Waals surface area contributed by atoms with Crippen LogP contribution in [0.25, 0.3) is 0 Å². The summed E-state index contributed by atoms with van der Waals surface area (Å²) in [4.78, 5) is 40.5. The van der Waals surface area contributed by atoms with Gasteiger partial charge >= 0.3 is 0 Å². The van der Waals surface area contributed by atoms with Crippen LogP contribution in [0.15, 0.2) is 24.3 Å². The van der Waals surface area contributed by atoms with Crippen molar-refractivity contribution in [2.45, 2.75) is 82.2 Å². The number of aryl methyl sites for hydroxylation is 1. The highest BCUT2D eigenvalue weighted by atomic mass is 16.2. The lowest BCUT2D eigenvalue weighted by molar-refractivity contribution is -0.139. The summed E-state index contributed by atoms with van der Waals surface area (Å²) in [7, 11) is 1.72. The lowest BCUT2D eigenvalue weighted by Crippen LogP contribution is -2.55. The minimum absolute atomic E-state index is 0.0150. The topological polar surface area (TPSA) is 103 Å². The summed E-state index contributed by atoms with van der Waals surface area (Å²) in [5.41, 5.74) is 2.52. The van der Waals surface area contributed by atoms with Gasteiger partial charge in [-0.3, -0.25) is 19.7 Å². The summed E-state index contributed by atoms with van der Waals surface area (Å²) in [6.45, 7) is 2.42. The summed E-state index contributed by atoms with van der Waals surface area (Å²) < 4.78 is 0. The number of hydrogen-bond donors (Lipinski definition) is 4. The molecule has 8 nitrogen and oxygen atoms in total. The van der Waals surface area contributed by atoms with E-state index >= 15 is 0 Å². The number of amides is 3. The van der Waals surface area contributed by atoms with Crippen molar-refractivity contribution in [1.29, 1.82) is 0 Å². The zero-order chi connectivity index (χ0) is 22.7. The highest BCUT2D eigenvalue weighted by Gasteiger charge is 2.42. The van der Waals surface area contributed by atoms with Crippen LogP contribution in [0.2, 0.25) is 0 Å². The predicted octanol–water partition coefficient (Wildman–Crippen LogP) is 0.973. The standard InChI is InChI=1S/C24H35N5O3/c1-15(25-2)23(31)28-20-12-13-26-21-11-10-17(29(21)24(20)32)14-22(30)27-19-9-5-7-16-6-3-4-8-18(16)19/h3-4,6,8,15,17,19-21,25-26H,5,7,9-14H2,1-2H3,(H,27,30)(H,28,31)/t15-,17?,19+,20-,21+/m0/s1. The molecule has 4 rings (SSSR count). The van der Waals surface area contributed by atoms with Crippen LogP contribution in [0.5, 0.6) is 0 Å². The minimum atomic E-state index is -0.565. The number of nitrogens with one attached hydrogen (secondary N) is 4. The number of carbonyl (C=O) groups is 3. The molecule has 2 fully saturated rings. The number of likely N-dealkylation sites (N-methyl/N-ethyl adjacent to an activating group) is 1. The molecule has 32 heavy (non-hydrogen) atoms. The van der Waals surface area contributed by atoms with Crippen LogP contribution in [-0.2, 0) is 20.8 Å². The average Bonchev–Trinajstić information content (AvgIpc) is 3.12. The van der Waals surface area contributed by atoms with Crippen LogP contribution < -0.4 is 21.3 Å². The Kier molecular flexibility index (Phi) is 7.10. The number of fused-ring (bicyclic) bond motifs is 2. The molecule has 8 heteroatoms. The van der Waals surface area contributed by atoms with Crippen LogP contribution in [0, 0.1) is 0 Å². The predicted molar refractivity (Wildman–Crippen MR) is 122 cm³/mol. The second-order valence-electron chi connectivity index (χ2n) is 9.22. The average molecular weight is 442 g/mol. The molecule has 0 saturated carbocycles. The van der Waals surface area contributed by atoms with Crippen molar-refractivity contribution < 1.29 is 14.4 Å². The summed E-state index contributed by atoms with van der Waals surface area (Å²) in [6.07, 6.45) is 5.43. The number of rotatable bonds is 6. The van der Waals surface area contributed by atoms with Gasteiger partial charge in [0.2, 0.25) is 17.7 Å². The third kappa shape index (κ3) is 4.81. The number of carbonyl (C=O) groups excluding carboxylic acids is 3. The SMILES string of the molecule is CN[C@@H](C)C(=O)N[C@H]1CCN[C@H]2CCC(CC(=O)N[C@@H]3CCCc4ccccc43)N2C1=O. The first-order valence-corrected chi connectivity index (χ1v) is 11.9. The van der Waals surface area contributed by atoms with E-state index in [9.17, 15) is 14.4 Å². The summed E-state index contributed by atoms with van der Waals surface area (Å²) in [5.74, 6) is -0.289. The largest absolute Gasteiger partial charge is 0.349 e. The van der Waals surface area contributed by atoms with E-state index in [1.54, 1.807) is 14.0 Å². The fourth-order valence-electron chi connectivity index (χ4n) is 5.25. The molecule has 2 saturated heterocycles. The Balaban J connectivity index is 1.40. The normalized spacial score (nSPS) is 28.3. The lowest BCUT2D eigenvalue weighted by atomic mass is 9.87. The Hall–Kier alpha value is -2.45. The van der Waals surface area contributed by atoms with Gasteiger partial charge in [0.1, 0.15) is 6.04 Å². The second-order valence-corrected chi connectivity index (χ2v) is 9.22. The fraction of sp³-hybridized carbons (Fsp3) is 0.625. The molecule has 4 N–H and O–H groups in total. The third-order valence-electron chi connectivity index (χ3n) is 7.14. The van der Waals surface area contributed by atoms with Crippen molar-refractivity contribution in [1.82, 2.24) is 26.2 Å². The molecule has 3 aliphatic rings. The number of hydrogen-bond acceptors (Lipinski definition) is 5. The summed E-state index contributed by atoms with van der Waals surface area (Å²) >= 11 is 0. The lowest BCUT2D eigenvalue weighted by Gasteiger charge is -2.32. The van der Waals surface area contributed by atoms with E-state index in [1.165, 1.54) is 11.1 Å². The second kappa shape index (κ2) is 10.0. The van der Waals surface area contributed by atoms with Gasteiger partial charge in [0.25, 0.3) is 0 Å². The monoisotopic (exact) mass is 441 g/mol. The molecule has 0 bridgehead atoms. The van der Waals surface area contributed by atoms with Crippen molar-refractivity contribution >= 4 is 17.7 Å². The maximum Gasteiger partial charge on any atom is 0.246 e. The molecule has 2 aliphatic heterocycles. The van der Waals surface area contributed by atoms with Gasteiger partial charge < -0.3 is 20.9 Å². The van der Waals surface area contributed by atoms with Gasteiger partial charge in [-0.15, -0.1) is 0 Å². The van der Waals surface area contributed by atoms with Gasteiger partial charge in [0, 0.05) is 12.5 Å². The minimum Gasteiger partial charge on any atom is -0.349 e. The zero-order valence-corrected chi connectivity index (χ0v) is 19.0. The molecule has 1 unspecified atom stereocenters. The Morgan fingerprint density at radius 3 is 2.75 bits per heavy atom. The Labute approximate surface area is 189 Å². The van der Waals surface area contributed by atoms with Crippen LogP contribution in [0.1, 0.15) is 62.6 Å². The summed E-state index contributed by atoms with van der Waals surface area (Å²) in [5, 5.41) is 12.4. The van der Waals surface area contributed by atoms with Crippen LogP contribution >= 0.6 is 0 Å². The molecular weight excluding hydrogens is 406 g/mol. The molecule has 2 heterocycles. The molecule has 1 aliphatic carbocycles. The molecule has 5 atom stereocenters. The van der Waals surface area contributed by atoms with Crippen LogP contribution in [0.3, 0.4) is 0 Å². The van der Waals surface area contributed by atoms with Gasteiger partial charge in [-0.1, -0.05) is 24.3 Å². The van der Waals surface area contributed by atoms with Gasteiger partial charge in [0.15, 0.2) is 0 Å². The Bertz CT molecular complexity index is 860. The highest BCUT2D eigenvalue weighted by Crippen LogP contribution is 2.31. The first-order chi connectivity index (χ1) is 15.5. The summed E-state index contributed by atoms with van der Waals surface area (Å²) in [6, 6.07) is 7.27. The van der Waals surface area contributed by atoms with E-state index in [-0.39, 0.29) is 48.4 Å². The van der Waals surface area contributed by atoms with Crippen molar-refractivity contribution in [3.63, 3.8) is 0 Å². The van der Waals surface area contributed by atoms with Gasteiger partial charge in [-0.2, -0.15) is 0 Å². The van der Waals surface area contributed by atoms with Crippen molar-refractivity contribution in [3.05, 3.63) is 35.4 Å². The number of nitrogens with zero attached hydrogens (tertiary/aromatic N) is 1. The first kappa shape index (κ1) is 22.7. The Morgan fingerprint density at radius 2 is 1.94 bits per heavy atom. The number of benzene rings is 1. The van der Waals surface area contributed by atoms with E-state index < -0.39 is 6.04 Å². The van der Waals surface area contributed by atoms with E-state index in [0.717, 1.165) is 32.1 Å². The smallest absolute Gasteiger partial charge is 0.246 e. The molecule has 0 aromatic heterocycles. The van der Waals surface area contributed by atoms with Crippen LogP contribution in [0.4, 0.5) is 0 Å². The fourth-order valence-corrected chi connectivity index (χ4v) is 5.25. The van der Waals surface area contributed by atoms with E-state index in [4.69, 9.17) is 0 Å². The van der Waals surface area contributed by atoms with Gasteiger partial charge in [0.05, 0.1) is 18.2 Å². The van der Waals surface area contributed by atoms with Crippen molar-refractivity contribution in [2.24, 2.45) is 0 Å². The van der Waals surface area contributed by atoms with Crippen molar-refractivity contribution in [3.8, 4) is 0 Å². The van der Waals surface area contributed by atoms with E-state index in [2.05, 4.69) is 33.4 Å². The van der Waals surface area contributed by atoms with Crippen molar-refractivity contribution in [2.75, 3.05) is 13.6 Å². The first-order valence-electron chi connectivity index (χ1n) is 11.9. The third-order valence-corrected chi connectivity index (χ3v) is 7.14. The van der Waals surface area contributed by atoms with E-state index in [1.807, 2.05) is 17.0 Å². The van der Waals surface area contributed by atoms with Crippen LogP contribution in [-0.4, -0.2) is 60.5 Å². The molecule has 3 amide bonds. The quantitative estimate of drug-likeness (QED) is 0.527. The molecule has 1 aromatic rings. The van der Waals surface area contributed by atoms with E-state index in [0.29, 0.717) is 13.0 Å². The molecule has 174 valence electrons. The molecule has 1 aromatic carbocycles. The van der Waals surface area contributed by atoms with Gasteiger partial charge in [-0.25, -0.2) is 0 Å². The molecule has 0 spiro atoms.